The van der Waals surface area contributed by atoms with Gasteiger partial charge in [-0.2, -0.15) is 0 Å². The summed E-state index contributed by atoms with van der Waals surface area (Å²) in [5.41, 5.74) is 1.10. The van der Waals surface area contributed by atoms with Crippen molar-refractivity contribution in [3.05, 3.63) is 53.1 Å². The molecule has 2 aromatic rings. The van der Waals surface area contributed by atoms with Crippen LogP contribution in [-0.2, 0) is 0 Å². The van der Waals surface area contributed by atoms with Crippen molar-refractivity contribution in [1.29, 1.82) is 0 Å². The van der Waals surface area contributed by atoms with Gasteiger partial charge in [-0.1, -0.05) is 6.07 Å². The molecule has 0 saturated heterocycles. The molecule has 0 bridgehead atoms. The summed E-state index contributed by atoms with van der Waals surface area (Å²) >= 11 is 0. The van der Waals surface area contributed by atoms with Gasteiger partial charge >= 0.3 is 0 Å². The van der Waals surface area contributed by atoms with Crippen LogP contribution in [0.5, 0.6) is 11.5 Å². The maximum atomic E-state index is 12.5. The van der Waals surface area contributed by atoms with Crippen molar-refractivity contribution in [2.75, 3.05) is 26.6 Å². The van der Waals surface area contributed by atoms with Crippen molar-refractivity contribution in [2.24, 2.45) is 0 Å². The monoisotopic (exact) mass is 340 g/mol. The van der Waals surface area contributed by atoms with Crippen LogP contribution in [0.4, 0.5) is 5.69 Å². The van der Waals surface area contributed by atoms with Crippen LogP contribution in [0.15, 0.2) is 36.4 Å². The molecular weight excluding hydrogens is 324 g/mol. The third-order valence-corrected chi connectivity index (χ3v) is 4.01. The summed E-state index contributed by atoms with van der Waals surface area (Å²) < 4.78 is 10.3. The smallest absolute Gasteiger partial charge is 0.263 e. The van der Waals surface area contributed by atoms with Gasteiger partial charge in [0.1, 0.15) is 0 Å². The Kier molecular flexibility index (Phi) is 4.14. The van der Waals surface area contributed by atoms with Crippen LogP contribution in [0.3, 0.4) is 0 Å². The van der Waals surface area contributed by atoms with E-state index in [9.17, 15) is 14.4 Å². The molecule has 7 nitrogen and oxygen atoms in total. The summed E-state index contributed by atoms with van der Waals surface area (Å²) in [6.45, 7) is 0. The van der Waals surface area contributed by atoms with Gasteiger partial charge in [-0.15, -0.1) is 0 Å². The van der Waals surface area contributed by atoms with Crippen molar-refractivity contribution in [1.82, 2.24) is 4.90 Å². The number of carbonyl (C=O) groups is 3. The van der Waals surface area contributed by atoms with E-state index in [1.54, 1.807) is 30.3 Å². The summed E-state index contributed by atoms with van der Waals surface area (Å²) in [6.07, 6.45) is 0. The van der Waals surface area contributed by atoms with E-state index in [0.29, 0.717) is 22.7 Å². The fourth-order valence-corrected chi connectivity index (χ4v) is 2.68. The van der Waals surface area contributed by atoms with Gasteiger partial charge in [-0.3, -0.25) is 19.3 Å². The molecule has 1 aliphatic heterocycles. The molecule has 0 aromatic heterocycles. The second kappa shape index (κ2) is 6.27. The van der Waals surface area contributed by atoms with Gasteiger partial charge in [-0.05, 0) is 30.3 Å². The highest BCUT2D eigenvalue weighted by molar-refractivity contribution is 6.24. The van der Waals surface area contributed by atoms with E-state index >= 15 is 0 Å². The minimum absolute atomic E-state index is 0.198. The zero-order chi connectivity index (χ0) is 18.1. The SMILES string of the molecule is COc1ccc(C(=O)Nc2cccc3c2C(=O)N(C)C3=O)cc1OC. The second-order valence-corrected chi connectivity index (χ2v) is 5.42. The zero-order valence-corrected chi connectivity index (χ0v) is 14.0. The second-order valence-electron chi connectivity index (χ2n) is 5.42. The van der Waals surface area contributed by atoms with Crippen molar-refractivity contribution in [3.8, 4) is 11.5 Å². The molecule has 2 aromatic carbocycles. The van der Waals surface area contributed by atoms with Crippen LogP contribution in [-0.4, -0.2) is 43.9 Å². The highest BCUT2D eigenvalue weighted by Gasteiger charge is 2.35. The number of benzene rings is 2. The molecule has 3 rings (SSSR count). The summed E-state index contributed by atoms with van der Waals surface area (Å²) in [5, 5.41) is 2.68. The fraction of sp³-hybridized carbons (Fsp3) is 0.167. The molecule has 1 heterocycles. The molecule has 0 fully saturated rings. The van der Waals surface area contributed by atoms with Crippen molar-refractivity contribution in [2.45, 2.75) is 0 Å². The Bertz CT molecular complexity index is 891. The van der Waals surface area contributed by atoms with Crippen molar-refractivity contribution in [3.63, 3.8) is 0 Å². The molecule has 7 heteroatoms. The molecule has 1 aliphatic rings. The lowest BCUT2D eigenvalue weighted by Crippen LogP contribution is -2.24. The first-order valence-corrected chi connectivity index (χ1v) is 7.46. The normalized spacial score (nSPS) is 12.8. The van der Waals surface area contributed by atoms with Gasteiger partial charge in [-0.25, -0.2) is 0 Å². The van der Waals surface area contributed by atoms with E-state index in [-0.39, 0.29) is 17.0 Å². The van der Waals surface area contributed by atoms with Crippen molar-refractivity contribution >= 4 is 23.4 Å². The van der Waals surface area contributed by atoms with Gasteiger partial charge in [0.25, 0.3) is 17.7 Å². The number of fused-ring (bicyclic) bond motifs is 1. The van der Waals surface area contributed by atoms with Gasteiger partial charge < -0.3 is 14.8 Å². The lowest BCUT2D eigenvalue weighted by Gasteiger charge is -2.11. The topological polar surface area (TPSA) is 84.9 Å². The van der Waals surface area contributed by atoms with Gasteiger partial charge in [0, 0.05) is 12.6 Å². The Morgan fingerprint density at radius 1 is 1.00 bits per heavy atom. The lowest BCUT2D eigenvalue weighted by molar-refractivity contribution is 0.0693. The van der Waals surface area contributed by atoms with Gasteiger partial charge in [0.15, 0.2) is 11.5 Å². The number of nitrogens with zero attached hydrogens (tertiary/aromatic N) is 1. The minimum atomic E-state index is -0.441. The highest BCUT2D eigenvalue weighted by atomic mass is 16.5. The average Bonchev–Trinajstić information content (AvgIpc) is 2.86. The lowest BCUT2D eigenvalue weighted by atomic mass is 10.1. The number of imide groups is 1. The molecule has 25 heavy (non-hydrogen) atoms. The highest BCUT2D eigenvalue weighted by Crippen LogP contribution is 2.30. The number of amides is 3. The fourth-order valence-electron chi connectivity index (χ4n) is 2.68. The van der Waals surface area contributed by atoms with Crippen LogP contribution >= 0.6 is 0 Å². The number of carbonyl (C=O) groups excluding carboxylic acids is 3. The maximum absolute atomic E-state index is 12.5. The van der Waals surface area contributed by atoms with Gasteiger partial charge in [0.2, 0.25) is 0 Å². The van der Waals surface area contributed by atoms with Crippen LogP contribution in [0, 0.1) is 0 Å². The number of ether oxygens (including phenoxy) is 2. The third-order valence-electron chi connectivity index (χ3n) is 4.01. The first-order chi connectivity index (χ1) is 12.0. The molecular formula is C18H16N2O5. The van der Waals surface area contributed by atoms with Crippen molar-refractivity contribution < 1.29 is 23.9 Å². The first kappa shape index (κ1) is 16.5. The summed E-state index contributed by atoms with van der Waals surface area (Å²) in [5.74, 6) is -0.337. The molecule has 0 atom stereocenters. The van der Waals surface area contributed by atoms with Crippen LogP contribution in [0.25, 0.3) is 0 Å². The largest absolute Gasteiger partial charge is 0.493 e. The Labute approximate surface area is 144 Å². The maximum Gasteiger partial charge on any atom is 0.263 e. The van der Waals surface area contributed by atoms with E-state index in [4.69, 9.17) is 9.47 Å². The standard InChI is InChI=1S/C18H16N2O5/c1-20-17(22)11-5-4-6-12(15(11)18(20)23)19-16(21)10-7-8-13(24-2)14(9-10)25-3/h4-9H,1-3H3,(H,19,21). The Hall–Kier alpha value is -3.35. The number of hydrogen-bond acceptors (Lipinski definition) is 5. The first-order valence-electron chi connectivity index (χ1n) is 7.46. The predicted octanol–water partition coefficient (Wildman–Crippen LogP) is 2.18. The van der Waals surface area contributed by atoms with Gasteiger partial charge in [0.05, 0.1) is 31.0 Å². The molecule has 3 amide bonds. The molecule has 128 valence electrons. The van der Waals surface area contributed by atoms with Crippen LogP contribution in [0.1, 0.15) is 31.1 Å². The van der Waals surface area contributed by atoms with E-state index in [1.165, 1.54) is 27.3 Å². The minimum Gasteiger partial charge on any atom is -0.493 e. The van der Waals surface area contributed by atoms with E-state index < -0.39 is 11.8 Å². The summed E-state index contributed by atoms with van der Waals surface area (Å²) in [4.78, 5) is 37.8. The number of methoxy groups -OCH3 is 2. The molecule has 1 N–H and O–H groups in total. The average molecular weight is 340 g/mol. The number of anilines is 1. The molecule has 0 saturated carbocycles. The Balaban J connectivity index is 1.93. The number of rotatable bonds is 4. The van der Waals surface area contributed by atoms with E-state index in [1.807, 2.05) is 0 Å². The van der Waals surface area contributed by atoms with E-state index in [0.717, 1.165) is 4.90 Å². The van der Waals surface area contributed by atoms with Crippen LogP contribution < -0.4 is 14.8 Å². The quantitative estimate of drug-likeness (QED) is 0.863. The summed E-state index contributed by atoms with van der Waals surface area (Å²) in [6, 6.07) is 9.50. The molecule has 0 radical (unpaired) electrons. The zero-order valence-electron chi connectivity index (χ0n) is 14.0. The van der Waals surface area contributed by atoms with E-state index in [2.05, 4.69) is 5.32 Å². The molecule has 0 aliphatic carbocycles. The Morgan fingerprint density at radius 3 is 2.40 bits per heavy atom. The predicted molar refractivity (Wildman–Crippen MR) is 90.4 cm³/mol. The molecule has 0 unspecified atom stereocenters. The number of hydrogen-bond donors (Lipinski definition) is 1. The Morgan fingerprint density at radius 2 is 1.72 bits per heavy atom. The molecule has 0 spiro atoms. The number of nitrogens with one attached hydrogen (secondary N) is 1. The summed E-state index contributed by atoms with van der Waals surface area (Å²) in [7, 11) is 4.39. The van der Waals surface area contributed by atoms with Crippen LogP contribution in [0.2, 0.25) is 0 Å². The third kappa shape index (κ3) is 2.69.